The van der Waals surface area contributed by atoms with Crippen molar-refractivity contribution in [3.63, 3.8) is 0 Å². The summed E-state index contributed by atoms with van der Waals surface area (Å²) in [5.41, 5.74) is 3.00. The minimum absolute atomic E-state index is 0.235. The summed E-state index contributed by atoms with van der Waals surface area (Å²) in [6, 6.07) is 6.25. The largest absolute Gasteiger partial charge is 0.207 e. The van der Waals surface area contributed by atoms with E-state index in [0.717, 1.165) is 29.9 Å². The van der Waals surface area contributed by atoms with E-state index in [2.05, 4.69) is 10.2 Å². The summed E-state index contributed by atoms with van der Waals surface area (Å²) in [4.78, 5) is 1.61. The molecule has 3 rings (SSSR count). The van der Waals surface area contributed by atoms with E-state index in [1.165, 1.54) is 25.0 Å². The molecule has 3 nitrogen and oxygen atoms in total. The van der Waals surface area contributed by atoms with Crippen molar-refractivity contribution < 1.29 is 4.39 Å². The van der Waals surface area contributed by atoms with Crippen molar-refractivity contribution in [1.82, 2.24) is 15.0 Å². The predicted octanol–water partition coefficient (Wildman–Crippen LogP) is 2.29. The highest BCUT2D eigenvalue weighted by Gasteiger charge is 2.15. The van der Waals surface area contributed by atoms with Crippen LogP contribution in [-0.2, 0) is 12.8 Å². The Balaban J connectivity index is 2.00. The van der Waals surface area contributed by atoms with Crippen LogP contribution in [0.15, 0.2) is 24.3 Å². The molecule has 1 heterocycles. The van der Waals surface area contributed by atoms with Crippen molar-refractivity contribution in [3.8, 4) is 5.69 Å². The molecular formula is C12H12FN3. The molecule has 0 radical (unpaired) electrons. The normalized spacial score (nSPS) is 14.8. The zero-order chi connectivity index (χ0) is 11.0. The van der Waals surface area contributed by atoms with Gasteiger partial charge in [-0.1, -0.05) is 0 Å². The van der Waals surface area contributed by atoms with Crippen LogP contribution in [0.2, 0.25) is 0 Å². The number of halogens is 1. The number of aromatic nitrogens is 3. The van der Waals surface area contributed by atoms with Gasteiger partial charge in [-0.2, -0.15) is 15.0 Å². The van der Waals surface area contributed by atoms with E-state index in [1.54, 1.807) is 16.9 Å². The molecule has 0 aliphatic heterocycles. The molecule has 1 aromatic carbocycles. The van der Waals surface area contributed by atoms with Gasteiger partial charge >= 0.3 is 0 Å². The van der Waals surface area contributed by atoms with E-state index in [1.807, 2.05) is 0 Å². The summed E-state index contributed by atoms with van der Waals surface area (Å²) in [6.45, 7) is 0. The van der Waals surface area contributed by atoms with Crippen molar-refractivity contribution in [3.05, 3.63) is 41.5 Å². The predicted molar refractivity (Wildman–Crippen MR) is 58.0 cm³/mol. The molecule has 4 heteroatoms. The maximum atomic E-state index is 12.8. The number of fused-ring (bicyclic) bond motifs is 1. The first-order valence-corrected chi connectivity index (χ1v) is 5.54. The van der Waals surface area contributed by atoms with Crippen LogP contribution in [0.4, 0.5) is 4.39 Å². The van der Waals surface area contributed by atoms with Crippen LogP contribution in [0.25, 0.3) is 5.69 Å². The van der Waals surface area contributed by atoms with Gasteiger partial charge in [-0.25, -0.2) is 4.39 Å². The molecular weight excluding hydrogens is 205 g/mol. The SMILES string of the molecule is Fc1ccc(-n2nc3c(n2)CCCC3)cc1. The Labute approximate surface area is 92.9 Å². The fraction of sp³-hybridized carbons (Fsp3) is 0.333. The monoisotopic (exact) mass is 217 g/mol. The minimum Gasteiger partial charge on any atom is -0.207 e. The molecule has 1 aliphatic rings. The maximum absolute atomic E-state index is 12.8. The molecule has 0 unspecified atom stereocenters. The Morgan fingerprint density at radius 2 is 1.50 bits per heavy atom. The highest BCUT2D eigenvalue weighted by molar-refractivity contribution is 5.30. The lowest BCUT2D eigenvalue weighted by Crippen LogP contribution is -2.00. The number of aryl methyl sites for hydroxylation is 2. The van der Waals surface area contributed by atoms with E-state index in [0.29, 0.717) is 0 Å². The third-order valence-electron chi connectivity index (χ3n) is 2.90. The average molecular weight is 217 g/mol. The fourth-order valence-corrected chi connectivity index (χ4v) is 2.03. The first kappa shape index (κ1) is 9.51. The Bertz CT molecular complexity index is 478. The standard InChI is InChI=1S/C12H12FN3/c13-9-5-7-10(8-6-9)16-14-11-3-1-2-4-12(11)15-16/h5-8H,1-4H2. The second kappa shape index (κ2) is 3.70. The van der Waals surface area contributed by atoms with Gasteiger partial charge in [0.2, 0.25) is 0 Å². The maximum Gasteiger partial charge on any atom is 0.123 e. The average Bonchev–Trinajstić information content (AvgIpc) is 2.73. The van der Waals surface area contributed by atoms with Crippen molar-refractivity contribution in [1.29, 1.82) is 0 Å². The van der Waals surface area contributed by atoms with Crippen molar-refractivity contribution in [2.75, 3.05) is 0 Å². The fourth-order valence-electron chi connectivity index (χ4n) is 2.03. The van der Waals surface area contributed by atoms with Gasteiger partial charge in [-0.3, -0.25) is 0 Å². The molecule has 0 atom stereocenters. The van der Waals surface area contributed by atoms with E-state index in [4.69, 9.17) is 0 Å². The lowest BCUT2D eigenvalue weighted by molar-refractivity contribution is 0.625. The van der Waals surface area contributed by atoms with Crippen LogP contribution < -0.4 is 0 Å². The third kappa shape index (κ3) is 1.60. The lowest BCUT2D eigenvalue weighted by atomic mass is 10.0. The van der Waals surface area contributed by atoms with E-state index < -0.39 is 0 Å². The first-order chi connectivity index (χ1) is 7.83. The number of hydrogen-bond donors (Lipinski definition) is 0. The molecule has 0 fully saturated rings. The Morgan fingerprint density at radius 1 is 0.938 bits per heavy atom. The molecule has 0 spiro atoms. The summed E-state index contributed by atoms with van der Waals surface area (Å²) in [6.07, 6.45) is 4.40. The number of nitrogens with zero attached hydrogens (tertiary/aromatic N) is 3. The van der Waals surface area contributed by atoms with Crippen LogP contribution in [-0.4, -0.2) is 15.0 Å². The van der Waals surface area contributed by atoms with E-state index in [9.17, 15) is 4.39 Å². The molecule has 0 saturated carbocycles. The summed E-state index contributed by atoms with van der Waals surface area (Å²) in [5.74, 6) is -0.235. The van der Waals surface area contributed by atoms with Crippen molar-refractivity contribution in [2.24, 2.45) is 0 Å². The van der Waals surface area contributed by atoms with Crippen LogP contribution >= 0.6 is 0 Å². The Kier molecular flexibility index (Phi) is 2.20. The number of rotatable bonds is 1. The Morgan fingerprint density at radius 3 is 2.06 bits per heavy atom. The molecule has 0 N–H and O–H groups in total. The smallest absolute Gasteiger partial charge is 0.123 e. The summed E-state index contributed by atoms with van der Waals surface area (Å²) in [7, 11) is 0. The van der Waals surface area contributed by atoms with E-state index >= 15 is 0 Å². The minimum atomic E-state index is -0.235. The van der Waals surface area contributed by atoms with Crippen LogP contribution in [0.1, 0.15) is 24.2 Å². The molecule has 1 aromatic heterocycles. The van der Waals surface area contributed by atoms with Gasteiger partial charge < -0.3 is 0 Å². The van der Waals surface area contributed by atoms with Gasteiger partial charge in [-0.15, -0.1) is 0 Å². The molecule has 2 aromatic rings. The molecule has 0 amide bonds. The first-order valence-electron chi connectivity index (χ1n) is 5.54. The number of benzene rings is 1. The molecule has 0 bridgehead atoms. The zero-order valence-corrected chi connectivity index (χ0v) is 8.86. The van der Waals surface area contributed by atoms with Crippen molar-refractivity contribution in [2.45, 2.75) is 25.7 Å². The summed E-state index contributed by atoms with van der Waals surface area (Å²) in [5, 5.41) is 8.87. The quantitative estimate of drug-likeness (QED) is 0.733. The third-order valence-corrected chi connectivity index (χ3v) is 2.90. The Hall–Kier alpha value is -1.71. The lowest BCUT2D eigenvalue weighted by Gasteiger charge is -2.04. The van der Waals surface area contributed by atoms with Gasteiger partial charge in [0.1, 0.15) is 5.82 Å². The summed E-state index contributed by atoms with van der Waals surface area (Å²) >= 11 is 0. The highest BCUT2D eigenvalue weighted by atomic mass is 19.1. The zero-order valence-electron chi connectivity index (χ0n) is 8.86. The molecule has 16 heavy (non-hydrogen) atoms. The van der Waals surface area contributed by atoms with Gasteiger partial charge in [0.15, 0.2) is 0 Å². The highest BCUT2D eigenvalue weighted by Crippen LogP contribution is 2.18. The van der Waals surface area contributed by atoms with Crippen molar-refractivity contribution >= 4 is 0 Å². The van der Waals surface area contributed by atoms with Gasteiger partial charge in [0, 0.05) is 0 Å². The van der Waals surface area contributed by atoms with E-state index in [-0.39, 0.29) is 5.82 Å². The number of hydrogen-bond acceptors (Lipinski definition) is 2. The van der Waals surface area contributed by atoms with Crippen LogP contribution in [0.5, 0.6) is 0 Å². The van der Waals surface area contributed by atoms with Crippen LogP contribution in [0, 0.1) is 5.82 Å². The molecule has 0 saturated heterocycles. The second-order valence-electron chi connectivity index (χ2n) is 4.07. The second-order valence-corrected chi connectivity index (χ2v) is 4.07. The topological polar surface area (TPSA) is 30.7 Å². The van der Waals surface area contributed by atoms with Crippen LogP contribution in [0.3, 0.4) is 0 Å². The van der Waals surface area contributed by atoms with Gasteiger partial charge in [0.05, 0.1) is 17.1 Å². The molecule has 82 valence electrons. The van der Waals surface area contributed by atoms with Gasteiger partial charge in [0.25, 0.3) is 0 Å². The van der Waals surface area contributed by atoms with Gasteiger partial charge in [-0.05, 0) is 49.9 Å². The summed E-state index contributed by atoms with van der Waals surface area (Å²) < 4.78 is 12.8. The molecule has 1 aliphatic carbocycles.